The zero-order valence-electron chi connectivity index (χ0n) is 9.92. The number of hydrogen-bond acceptors (Lipinski definition) is 3. The predicted octanol–water partition coefficient (Wildman–Crippen LogP) is 2.93. The Labute approximate surface area is 119 Å². The quantitative estimate of drug-likeness (QED) is 0.409. The molecule has 0 bridgehead atoms. The fraction of sp³-hybridized carbons (Fsp3) is 0. The molecule has 0 atom stereocenters. The summed E-state index contributed by atoms with van der Waals surface area (Å²) in [7, 11) is 0. The van der Waals surface area contributed by atoms with Crippen LogP contribution < -0.4 is 5.73 Å². The molecular formula is C14H11BrN2O2. The van der Waals surface area contributed by atoms with Crippen molar-refractivity contribution in [3.05, 3.63) is 70.2 Å². The van der Waals surface area contributed by atoms with Crippen molar-refractivity contribution in [2.45, 2.75) is 0 Å². The third-order valence-electron chi connectivity index (χ3n) is 2.38. The van der Waals surface area contributed by atoms with Gasteiger partial charge < -0.3 is 10.6 Å². The molecule has 2 aromatic carbocycles. The van der Waals surface area contributed by atoms with E-state index in [0.29, 0.717) is 11.1 Å². The largest absolute Gasteiger partial charge is 0.380 e. The van der Waals surface area contributed by atoms with Gasteiger partial charge in [-0.3, -0.25) is 0 Å². The minimum Gasteiger partial charge on any atom is -0.380 e. The summed E-state index contributed by atoms with van der Waals surface area (Å²) in [4.78, 5) is 16.4. The van der Waals surface area contributed by atoms with Crippen molar-refractivity contribution in [1.29, 1.82) is 0 Å². The van der Waals surface area contributed by atoms with Gasteiger partial charge in [0, 0.05) is 10.0 Å². The Morgan fingerprint density at radius 1 is 1.00 bits per heavy atom. The van der Waals surface area contributed by atoms with E-state index in [4.69, 9.17) is 10.6 Å². The highest BCUT2D eigenvalue weighted by atomic mass is 79.9. The highest BCUT2D eigenvalue weighted by Gasteiger charge is 2.06. The molecule has 0 saturated heterocycles. The lowest BCUT2D eigenvalue weighted by atomic mass is 10.2. The third-order valence-corrected chi connectivity index (χ3v) is 2.91. The van der Waals surface area contributed by atoms with Crippen LogP contribution >= 0.6 is 15.9 Å². The summed E-state index contributed by atoms with van der Waals surface area (Å²) in [5.41, 5.74) is 6.84. The highest BCUT2D eigenvalue weighted by molar-refractivity contribution is 9.10. The van der Waals surface area contributed by atoms with E-state index >= 15 is 0 Å². The van der Waals surface area contributed by atoms with Crippen LogP contribution in [-0.2, 0) is 4.84 Å². The van der Waals surface area contributed by atoms with E-state index in [1.54, 1.807) is 36.4 Å². The Morgan fingerprint density at radius 2 is 1.63 bits per heavy atom. The molecular weight excluding hydrogens is 308 g/mol. The van der Waals surface area contributed by atoms with Gasteiger partial charge in [-0.1, -0.05) is 51.4 Å². The fourth-order valence-corrected chi connectivity index (χ4v) is 1.66. The number of nitrogens with two attached hydrogens (primary N) is 1. The van der Waals surface area contributed by atoms with Crippen LogP contribution in [0.3, 0.4) is 0 Å². The van der Waals surface area contributed by atoms with Gasteiger partial charge in [0.15, 0.2) is 5.84 Å². The van der Waals surface area contributed by atoms with Crippen LogP contribution in [0.25, 0.3) is 0 Å². The Balaban J connectivity index is 2.06. The maximum atomic E-state index is 11.6. The van der Waals surface area contributed by atoms with Crippen LogP contribution in [0.15, 0.2) is 64.2 Å². The van der Waals surface area contributed by atoms with Crippen molar-refractivity contribution in [2.24, 2.45) is 10.9 Å². The van der Waals surface area contributed by atoms with Gasteiger partial charge in [-0.05, 0) is 24.3 Å². The minimum absolute atomic E-state index is 0.150. The molecule has 96 valence electrons. The molecule has 0 heterocycles. The van der Waals surface area contributed by atoms with Crippen LogP contribution in [0, 0.1) is 0 Å². The van der Waals surface area contributed by atoms with Gasteiger partial charge in [-0.15, -0.1) is 0 Å². The minimum atomic E-state index is -0.541. The fourth-order valence-electron chi connectivity index (χ4n) is 1.39. The molecule has 5 heteroatoms. The summed E-state index contributed by atoms with van der Waals surface area (Å²) in [6, 6.07) is 15.8. The zero-order valence-corrected chi connectivity index (χ0v) is 11.5. The van der Waals surface area contributed by atoms with Gasteiger partial charge in [-0.2, -0.15) is 0 Å². The van der Waals surface area contributed by atoms with Gasteiger partial charge in [-0.25, -0.2) is 4.79 Å². The van der Waals surface area contributed by atoms with Crippen molar-refractivity contribution < 1.29 is 9.63 Å². The summed E-state index contributed by atoms with van der Waals surface area (Å²) < 4.78 is 0.935. The van der Waals surface area contributed by atoms with Crippen LogP contribution in [-0.4, -0.2) is 11.8 Å². The van der Waals surface area contributed by atoms with E-state index < -0.39 is 5.97 Å². The summed E-state index contributed by atoms with van der Waals surface area (Å²) in [6.07, 6.45) is 0. The predicted molar refractivity (Wildman–Crippen MR) is 76.7 cm³/mol. The lowest BCUT2D eigenvalue weighted by Crippen LogP contribution is -2.15. The third kappa shape index (κ3) is 3.66. The van der Waals surface area contributed by atoms with E-state index in [0.717, 1.165) is 4.47 Å². The van der Waals surface area contributed by atoms with E-state index in [9.17, 15) is 4.79 Å². The van der Waals surface area contributed by atoms with Crippen molar-refractivity contribution in [1.82, 2.24) is 0 Å². The van der Waals surface area contributed by atoms with E-state index in [2.05, 4.69) is 21.1 Å². The van der Waals surface area contributed by atoms with E-state index in [-0.39, 0.29) is 5.84 Å². The maximum absolute atomic E-state index is 11.6. The Kier molecular flexibility index (Phi) is 4.30. The first-order valence-corrected chi connectivity index (χ1v) is 6.32. The molecule has 0 saturated carbocycles. The number of rotatable bonds is 3. The van der Waals surface area contributed by atoms with E-state index in [1.165, 1.54) is 0 Å². The van der Waals surface area contributed by atoms with Gasteiger partial charge in [0.1, 0.15) is 0 Å². The normalized spacial score (nSPS) is 11.1. The van der Waals surface area contributed by atoms with Crippen LogP contribution in [0.1, 0.15) is 15.9 Å². The molecule has 0 radical (unpaired) electrons. The first-order valence-electron chi connectivity index (χ1n) is 5.52. The average Bonchev–Trinajstić information content (AvgIpc) is 2.46. The first kappa shape index (κ1) is 13.3. The van der Waals surface area contributed by atoms with Gasteiger partial charge in [0.2, 0.25) is 0 Å². The number of hydrogen-bond donors (Lipinski definition) is 1. The lowest BCUT2D eigenvalue weighted by molar-refractivity contribution is 0.0516. The second-order valence-electron chi connectivity index (χ2n) is 3.73. The number of carbonyl (C=O) groups excluding carboxylic acids is 1. The Hall–Kier alpha value is -2.14. The summed E-state index contributed by atoms with van der Waals surface area (Å²) in [6.45, 7) is 0. The van der Waals surface area contributed by atoms with Crippen LogP contribution in [0.5, 0.6) is 0 Å². The SMILES string of the molecule is N/C(=N\OC(=O)c1ccccc1)c1ccc(Br)cc1. The molecule has 2 aromatic rings. The van der Waals surface area contributed by atoms with Gasteiger partial charge in [0.25, 0.3) is 0 Å². The smallest absolute Gasteiger partial charge is 0.365 e. The number of carbonyl (C=O) groups is 1. The maximum Gasteiger partial charge on any atom is 0.365 e. The van der Waals surface area contributed by atoms with Crippen molar-refractivity contribution in [2.75, 3.05) is 0 Å². The number of benzene rings is 2. The molecule has 2 N–H and O–H groups in total. The van der Waals surface area contributed by atoms with Crippen molar-refractivity contribution >= 4 is 27.7 Å². The molecule has 0 aliphatic rings. The summed E-state index contributed by atoms with van der Waals surface area (Å²) >= 11 is 3.32. The number of amidine groups is 1. The molecule has 0 fully saturated rings. The van der Waals surface area contributed by atoms with Crippen LogP contribution in [0.4, 0.5) is 0 Å². The molecule has 0 aliphatic carbocycles. The van der Waals surface area contributed by atoms with Crippen molar-refractivity contribution in [3.8, 4) is 0 Å². The van der Waals surface area contributed by atoms with Gasteiger partial charge in [0.05, 0.1) is 5.56 Å². The molecule has 19 heavy (non-hydrogen) atoms. The summed E-state index contributed by atoms with van der Waals surface area (Å²) in [5, 5.41) is 3.63. The molecule has 4 nitrogen and oxygen atoms in total. The van der Waals surface area contributed by atoms with Gasteiger partial charge >= 0.3 is 5.97 Å². The first-order chi connectivity index (χ1) is 9.16. The molecule has 0 unspecified atom stereocenters. The second kappa shape index (κ2) is 6.15. The summed E-state index contributed by atoms with van der Waals surface area (Å²) in [5.74, 6) is -0.391. The Bertz CT molecular complexity index is 595. The monoisotopic (exact) mass is 318 g/mol. The van der Waals surface area contributed by atoms with E-state index in [1.807, 2.05) is 18.2 Å². The second-order valence-corrected chi connectivity index (χ2v) is 4.64. The van der Waals surface area contributed by atoms with Crippen LogP contribution in [0.2, 0.25) is 0 Å². The van der Waals surface area contributed by atoms with Crippen molar-refractivity contribution in [3.63, 3.8) is 0 Å². The Morgan fingerprint density at radius 3 is 2.26 bits per heavy atom. The topological polar surface area (TPSA) is 64.7 Å². The molecule has 2 rings (SSSR count). The average molecular weight is 319 g/mol. The number of oxime groups is 1. The molecule has 0 amide bonds. The molecule has 0 aliphatic heterocycles. The lowest BCUT2D eigenvalue weighted by Gasteiger charge is -2.01. The number of halogens is 1. The highest BCUT2D eigenvalue weighted by Crippen LogP contribution is 2.10. The number of nitrogens with zero attached hydrogens (tertiary/aromatic N) is 1. The standard InChI is InChI=1S/C14H11BrN2O2/c15-12-8-6-10(7-9-12)13(16)17-19-14(18)11-4-2-1-3-5-11/h1-9H,(H2,16,17). The molecule has 0 spiro atoms. The zero-order chi connectivity index (χ0) is 13.7. The molecule has 0 aromatic heterocycles.